The number of carbonyl (C=O) groups is 1. The Labute approximate surface area is 141 Å². The van der Waals surface area contributed by atoms with Gasteiger partial charge in [-0.2, -0.15) is 0 Å². The molecule has 6 nitrogen and oxygen atoms in total. The fraction of sp³-hybridized carbons (Fsp3) is 0.278. The zero-order valence-electron chi connectivity index (χ0n) is 14.1. The number of anilines is 1. The predicted molar refractivity (Wildman–Crippen MR) is 92.9 cm³/mol. The molecule has 0 aliphatic carbocycles. The monoisotopic (exact) mass is 330 g/mol. The molecule has 0 saturated heterocycles. The van der Waals surface area contributed by atoms with Crippen LogP contribution >= 0.6 is 0 Å². The number of methoxy groups -OCH3 is 3. The van der Waals surface area contributed by atoms with E-state index in [1.54, 1.807) is 27.4 Å². The molecule has 0 unspecified atom stereocenters. The molecule has 0 bridgehead atoms. The quantitative estimate of drug-likeness (QED) is 0.778. The molecule has 0 heterocycles. The van der Waals surface area contributed by atoms with Crippen molar-refractivity contribution >= 4 is 11.6 Å². The number of amides is 1. The zero-order chi connectivity index (χ0) is 17.4. The van der Waals surface area contributed by atoms with Crippen LogP contribution in [0.2, 0.25) is 0 Å². The molecule has 0 saturated carbocycles. The molecule has 1 amide bonds. The van der Waals surface area contributed by atoms with Gasteiger partial charge >= 0.3 is 0 Å². The number of ether oxygens (including phenoxy) is 3. The highest BCUT2D eigenvalue weighted by Crippen LogP contribution is 2.27. The first-order chi connectivity index (χ1) is 11.7. The van der Waals surface area contributed by atoms with E-state index in [-0.39, 0.29) is 12.5 Å². The van der Waals surface area contributed by atoms with Crippen LogP contribution in [0.5, 0.6) is 17.2 Å². The van der Waals surface area contributed by atoms with E-state index in [1.165, 1.54) is 0 Å². The van der Waals surface area contributed by atoms with Crippen molar-refractivity contribution in [1.29, 1.82) is 0 Å². The number of nitrogens with one attached hydrogen (secondary N) is 2. The van der Waals surface area contributed by atoms with Gasteiger partial charge in [-0.15, -0.1) is 0 Å². The largest absolute Gasteiger partial charge is 0.497 e. The third kappa shape index (κ3) is 4.89. The summed E-state index contributed by atoms with van der Waals surface area (Å²) < 4.78 is 15.6. The number of carbonyl (C=O) groups excluding carboxylic acids is 1. The SMILES string of the molecule is COc1cccc(NC(=O)CNCc2ccc(OC)c(OC)c2)c1. The van der Waals surface area contributed by atoms with E-state index in [1.807, 2.05) is 36.4 Å². The first kappa shape index (κ1) is 17.6. The van der Waals surface area contributed by atoms with Gasteiger partial charge in [-0.1, -0.05) is 12.1 Å². The average Bonchev–Trinajstić information content (AvgIpc) is 2.61. The first-order valence-electron chi connectivity index (χ1n) is 7.51. The maximum atomic E-state index is 12.0. The number of hydrogen-bond donors (Lipinski definition) is 2. The van der Waals surface area contributed by atoms with Crippen molar-refractivity contribution in [3.05, 3.63) is 48.0 Å². The number of benzene rings is 2. The van der Waals surface area contributed by atoms with E-state index in [0.717, 1.165) is 5.56 Å². The van der Waals surface area contributed by atoms with Crippen molar-refractivity contribution in [3.63, 3.8) is 0 Å². The summed E-state index contributed by atoms with van der Waals surface area (Å²) in [5.41, 5.74) is 1.70. The summed E-state index contributed by atoms with van der Waals surface area (Å²) in [7, 11) is 4.78. The van der Waals surface area contributed by atoms with Crippen molar-refractivity contribution in [1.82, 2.24) is 5.32 Å². The van der Waals surface area contributed by atoms with Crippen LogP contribution in [0.25, 0.3) is 0 Å². The summed E-state index contributed by atoms with van der Waals surface area (Å²) in [5.74, 6) is 1.92. The maximum absolute atomic E-state index is 12.0. The molecule has 2 aromatic rings. The molecule has 24 heavy (non-hydrogen) atoms. The summed E-state index contributed by atoms with van der Waals surface area (Å²) in [6.07, 6.45) is 0. The van der Waals surface area contributed by atoms with Gasteiger partial charge in [0.2, 0.25) is 5.91 Å². The van der Waals surface area contributed by atoms with Crippen LogP contribution in [-0.2, 0) is 11.3 Å². The van der Waals surface area contributed by atoms with E-state index in [9.17, 15) is 4.79 Å². The van der Waals surface area contributed by atoms with E-state index in [2.05, 4.69) is 10.6 Å². The Hall–Kier alpha value is -2.73. The average molecular weight is 330 g/mol. The van der Waals surface area contributed by atoms with E-state index >= 15 is 0 Å². The number of rotatable bonds is 8. The first-order valence-corrected chi connectivity index (χ1v) is 7.51. The molecule has 0 atom stereocenters. The van der Waals surface area contributed by atoms with E-state index < -0.39 is 0 Å². The molecule has 2 N–H and O–H groups in total. The summed E-state index contributed by atoms with van der Waals surface area (Å²) in [6, 6.07) is 12.9. The lowest BCUT2D eigenvalue weighted by molar-refractivity contribution is -0.115. The van der Waals surface area contributed by atoms with Crippen LogP contribution < -0.4 is 24.8 Å². The van der Waals surface area contributed by atoms with Crippen LogP contribution in [0.3, 0.4) is 0 Å². The molecule has 0 fully saturated rings. The molecule has 0 spiro atoms. The lowest BCUT2D eigenvalue weighted by Crippen LogP contribution is -2.27. The van der Waals surface area contributed by atoms with Crippen molar-refractivity contribution in [2.75, 3.05) is 33.2 Å². The fourth-order valence-corrected chi connectivity index (χ4v) is 2.22. The molecule has 6 heteroatoms. The Morgan fingerprint density at radius 3 is 2.46 bits per heavy atom. The molecule has 0 aliphatic rings. The Morgan fingerprint density at radius 1 is 0.958 bits per heavy atom. The maximum Gasteiger partial charge on any atom is 0.238 e. The van der Waals surface area contributed by atoms with Gasteiger partial charge in [0.25, 0.3) is 0 Å². The summed E-state index contributed by atoms with van der Waals surface area (Å²) in [6.45, 7) is 0.747. The third-order valence-electron chi connectivity index (χ3n) is 3.42. The Kier molecular flexibility index (Phi) is 6.45. The highest BCUT2D eigenvalue weighted by molar-refractivity contribution is 5.92. The standard InChI is InChI=1S/C18H22N2O4/c1-22-15-6-4-5-14(10-15)20-18(21)12-19-11-13-7-8-16(23-2)17(9-13)24-3/h4-10,19H,11-12H2,1-3H3,(H,20,21). The van der Waals surface area contributed by atoms with Crippen molar-refractivity contribution in [2.24, 2.45) is 0 Å². The minimum Gasteiger partial charge on any atom is -0.497 e. The molecule has 128 valence electrons. The lowest BCUT2D eigenvalue weighted by Gasteiger charge is -2.11. The van der Waals surface area contributed by atoms with Gasteiger partial charge < -0.3 is 24.8 Å². The second-order valence-electron chi connectivity index (χ2n) is 5.07. The van der Waals surface area contributed by atoms with E-state index in [4.69, 9.17) is 14.2 Å². The second kappa shape index (κ2) is 8.79. The zero-order valence-corrected chi connectivity index (χ0v) is 14.1. The Bertz CT molecular complexity index is 688. The van der Waals surface area contributed by atoms with Gasteiger partial charge in [0.15, 0.2) is 11.5 Å². The van der Waals surface area contributed by atoms with Gasteiger partial charge in [-0.25, -0.2) is 0 Å². The summed E-state index contributed by atoms with van der Waals surface area (Å²) in [5, 5.41) is 5.92. The third-order valence-corrected chi connectivity index (χ3v) is 3.42. The van der Waals surface area contributed by atoms with Gasteiger partial charge in [-0.3, -0.25) is 4.79 Å². The highest BCUT2D eigenvalue weighted by Gasteiger charge is 2.06. The fourth-order valence-electron chi connectivity index (χ4n) is 2.22. The second-order valence-corrected chi connectivity index (χ2v) is 5.07. The lowest BCUT2D eigenvalue weighted by atomic mass is 10.2. The van der Waals surface area contributed by atoms with Gasteiger partial charge in [0.05, 0.1) is 27.9 Å². The minimum atomic E-state index is -0.122. The van der Waals surface area contributed by atoms with Crippen molar-refractivity contribution < 1.29 is 19.0 Å². The van der Waals surface area contributed by atoms with E-state index in [0.29, 0.717) is 29.5 Å². The van der Waals surface area contributed by atoms with Crippen LogP contribution in [0.1, 0.15) is 5.56 Å². The molecular formula is C18H22N2O4. The number of hydrogen-bond acceptors (Lipinski definition) is 5. The summed E-state index contributed by atoms with van der Waals surface area (Å²) in [4.78, 5) is 12.0. The Balaban J connectivity index is 1.84. The Morgan fingerprint density at radius 2 is 1.75 bits per heavy atom. The van der Waals surface area contributed by atoms with Crippen molar-refractivity contribution in [2.45, 2.75) is 6.54 Å². The molecule has 0 aromatic heterocycles. The molecular weight excluding hydrogens is 308 g/mol. The highest BCUT2D eigenvalue weighted by atomic mass is 16.5. The van der Waals surface area contributed by atoms with Gasteiger partial charge in [0, 0.05) is 18.3 Å². The molecule has 0 aliphatic heterocycles. The molecule has 2 rings (SSSR count). The van der Waals surface area contributed by atoms with Crippen LogP contribution in [0.4, 0.5) is 5.69 Å². The molecule has 0 radical (unpaired) electrons. The van der Waals surface area contributed by atoms with Gasteiger partial charge in [0.1, 0.15) is 5.75 Å². The molecule has 2 aromatic carbocycles. The summed E-state index contributed by atoms with van der Waals surface area (Å²) >= 11 is 0. The van der Waals surface area contributed by atoms with Crippen molar-refractivity contribution in [3.8, 4) is 17.2 Å². The van der Waals surface area contributed by atoms with Crippen LogP contribution in [0, 0.1) is 0 Å². The predicted octanol–water partition coefficient (Wildman–Crippen LogP) is 2.44. The minimum absolute atomic E-state index is 0.122. The topological polar surface area (TPSA) is 68.8 Å². The smallest absolute Gasteiger partial charge is 0.238 e. The van der Waals surface area contributed by atoms with Gasteiger partial charge in [-0.05, 0) is 29.8 Å². The van der Waals surface area contributed by atoms with Crippen LogP contribution in [-0.4, -0.2) is 33.8 Å². The van der Waals surface area contributed by atoms with Crippen LogP contribution in [0.15, 0.2) is 42.5 Å². The normalized spacial score (nSPS) is 10.1.